The van der Waals surface area contributed by atoms with Gasteiger partial charge in [-0.25, -0.2) is 0 Å². The number of carbonyl (C=O) groups is 1. The maximum atomic E-state index is 12.1. The molecule has 3 heteroatoms. The van der Waals surface area contributed by atoms with Crippen molar-refractivity contribution in [3.63, 3.8) is 0 Å². The fourth-order valence-electron chi connectivity index (χ4n) is 2.81. The van der Waals surface area contributed by atoms with Crippen molar-refractivity contribution in [2.75, 3.05) is 0 Å². The van der Waals surface area contributed by atoms with Crippen molar-refractivity contribution in [2.24, 2.45) is 0 Å². The summed E-state index contributed by atoms with van der Waals surface area (Å²) in [5.74, 6) is 0.114. The zero-order valence-electron chi connectivity index (χ0n) is 8.98. The molecule has 1 spiro atoms. The lowest BCUT2D eigenvalue weighted by Gasteiger charge is -2.33. The predicted molar refractivity (Wildman–Crippen MR) is 57.8 cm³/mol. The number of fused-ring (bicyclic) bond motifs is 2. The Morgan fingerprint density at radius 1 is 1.31 bits per heavy atom. The van der Waals surface area contributed by atoms with Gasteiger partial charge in [-0.05, 0) is 24.0 Å². The molecule has 1 aliphatic carbocycles. The molecule has 0 saturated carbocycles. The molecule has 3 rings (SSSR count). The molecule has 0 radical (unpaired) electrons. The Balaban J connectivity index is 2.14. The van der Waals surface area contributed by atoms with Crippen molar-refractivity contribution in [3.8, 4) is 0 Å². The smallest absolute Gasteiger partial charge is 0.169 e. The van der Waals surface area contributed by atoms with Crippen LogP contribution in [0.3, 0.4) is 0 Å². The number of benzene rings is 1. The van der Waals surface area contributed by atoms with Gasteiger partial charge in [-0.15, -0.1) is 0 Å². The van der Waals surface area contributed by atoms with E-state index in [1.807, 2.05) is 24.3 Å². The van der Waals surface area contributed by atoms with Crippen LogP contribution in [0.1, 0.15) is 30.4 Å². The molecule has 1 fully saturated rings. The lowest BCUT2D eigenvalue weighted by atomic mass is 9.76. The molecule has 0 aromatic heterocycles. The van der Waals surface area contributed by atoms with Gasteiger partial charge in [0, 0.05) is 12.8 Å². The minimum atomic E-state index is -0.853. The van der Waals surface area contributed by atoms with Gasteiger partial charge in [0.15, 0.2) is 17.7 Å². The van der Waals surface area contributed by atoms with Crippen molar-refractivity contribution < 1.29 is 14.6 Å². The highest BCUT2D eigenvalue weighted by molar-refractivity contribution is 5.91. The molecule has 1 N–H and O–H groups in total. The van der Waals surface area contributed by atoms with Crippen LogP contribution < -0.4 is 0 Å². The molecule has 2 atom stereocenters. The molecule has 1 saturated heterocycles. The lowest BCUT2D eigenvalue weighted by molar-refractivity contribution is -0.167. The van der Waals surface area contributed by atoms with Crippen molar-refractivity contribution in [2.45, 2.75) is 37.6 Å². The SMILES string of the molecule is O=C1CCc2ccccc2[C@]12CCC(O)O2. The summed E-state index contributed by atoms with van der Waals surface area (Å²) in [5.41, 5.74) is 1.29. The molecule has 1 aliphatic heterocycles. The highest BCUT2D eigenvalue weighted by Gasteiger charge is 2.49. The molecule has 1 aromatic carbocycles. The summed E-state index contributed by atoms with van der Waals surface area (Å²) in [6.07, 6.45) is 1.65. The standard InChI is InChI=1S/C13H14O3/c14-11-6-5-9-3-1-2-4-10(9)13(11)8-7-12(15)16-13/h1-4,12,15H,5-8H2/t12?,13-/m1/s1. The fraction of sp³-hybridized carbons (Fsp3) is 0.462. The van der Waals surface area contributed by atoms with Gasteiger partial charge in [0.25, 0.3) is 0 Å². The van der Waals surface area contributed by atoms with Crippen LogP contribution >= 0.6 is 0 Å². The number of hydrogen-bond donors (Lipinski definition) is 1. The molecular formula is C13H14O3. The van der Waals surface area contributed by atoms with Gasteiger partial charge >= 0.3 is 0 Å². The summed E-state index contributed by atoms with van der Waals surface area (Å²) >= 11 is 0. The summed E-state index contributed by atoms with van der Waals surface area (Å²) in [6, 6.07) is 7.89. The van der Waals surface area contributed by atoms with Gasteiger partial charge < -0.3 is 9.84 Å². The summed E-state index contributed by atoms with van der Waals surface area (Å²) in [6.45, 7) is 0. The van der Waals surface area contributed by atoms with Crippen LogP contribution in [0, 0.1) is 0 Å². The molecule has 2 aliphatic rings. The van der Waals surface area contributed by atoms with Crippen LogP contribution in [-0.2, 0) is 21.6 Å². The van der Waals surface area contributed by atoms with Crippen LogP contribution in [-0.4, -0.2) is 17.2 Å². The number of ketones is 1. The molecule has 0 bridgehead atoms. The highest BCUT2D eigenvalue weighted by atomic mass is 16.6. The molecule has 1 heterocycles. The first-order chi connectivity index (χ1) is 7.72. The molecular weight excluding hydrogens is 204 g/mol. The monoisotopic (exact) mass is 218 g/mol. The van der Waals surface area contributed by atoms with Gasteiger partial charge in [0.2, 0.25) is 0 Å². The summed E-state index contributed by atoms with van der Waals surface area (Å²) < 4.78 is 5.53. The molecule has 1 aromatic rings. The van der Waals surface area contributed by atoms with Crippen molar-refractivity contribution in [1.82, 2.24) is 0 Å². The number of ether oxygens (including phenoxy) is 1. The van der Waals surface area contributed by atoms with E-state index in [1.54, 1.807) is 0 Å². The second-order valence-electron chi connectivity index (χ2n) is 4.52. The normalized spacial score (nSPS) is 33.1. The first kappa shape index (κ1) is 10.00. The molecule has 1 unspecified atom stereocenters. The Kier molecular flexibility index (Phi) is 2.13. The van der Waals surface area contributed by atoms with Crippen molar-refractivity contribution >= 4 is 5.78 Å². The highest BCUT2D eigenvalue weighted by Crippen LogP contribution is 2.44. The number of rotatable bonds is 0. The number of aliphatic hydroxyl groups is 1. The van der Waals surface area contributed by atoms with Crippen LogP contribution in [0.4, 0.5) is 0 Å². The predicted octanol–water partition coefficient (Wildman–Crippen LogP) is 1.53. The molecule has 16 heavy (non-hydrogen) atoms. The number of hydrogen-bond acceptors (Lipinski definition) is 3. The van der Waals surface area contributed by atoms with E-state index < -0.39 is 11.9 Å². The second-order valence-corrected chi connectivity index (χ2v) is 4.52. The van der Waals surface area contributed by atoms with Crippen LogP contribution in [0.15, 0.2) is 24.3 Å². The summed E-state index contributed by atoms with van der Waals surface area (Å²) in [7, 11) is 0. The zero-order chi connectivity index (χ0) is 11.2. The van der Waals surface area contributed by atoms with E-state index >= 15 is 0 Å². The summed E-state index contributed by atoms with van der Waals surface area (Å²) in [4.78, 5) is 12.1. The quantitative estimate of drug-likeness (QED) is 0.718. The van der Waals surface area contributed by atoms with Crippen molar-refractivity contribution in [1.29, 1.82) is 0 Å². The van der Waals surface area contributed by atoms with Crippen LogP contribution in [0.25, 0.3) is 0 Å². The van der Waals surface area contributed by atoms with Crippen molar-refractivity contribution in [3.05, 3.63) is 35.4 Å². The number of aliphatic hydroxyl groups excluding tert-OH is 1. The third-order valence-electron chi connectivity index (χ3n) is 3.60. The minimum absolute atomic E-state index is 0.114. The third kappa shape index (κ3) is 1.25. The number of carbonyl (C=O) groups excluding carboxylic acids is 1. The number of Topliss-reactive ketones (excluding diaryl/α,β-unsaturated/α-hetero) is 1. The Bertz CT molecular complexity index is 441. The Labute approximate surface area is 94.0 Å². The average Bonchev–Trinajstić information content (AvgIpc) is 2.68. The molecule has 0 amide bonds. The Morgan fingerprint density at radius 3 is 2.88 bits per heavy atom. The van der Waals surface area contributed by atoms with Gasteiger partial charge in [0.05, 0.1) is 0 Å². The van der Waals surface area contributed by atoms with E-state index in [9.17, 15) is 9.90 Å². The van der Waals surface area contributed by atoms with Gasteiger partial charge in [-0.2, -0.15) is 0 Å². The van der Waals surface area contributed by atoms with Crippen LogP contribution in [0.5, 0.6) is 0 Å². The zero-order valence-corrected chi connectivity index (χ0v) is 8.98. The largest absolute Gasteiger partial charge is 0.368 e. The van der Waals surface area contributed by atoms with E-state index in [0.717, 1.165) is 12.0 Å². The topological polar surface area (TPSA) is 46.5 Å². The van der Waals surface area contributed by atoms with E-state index in [2.05, 4.69) is 0 Å². The fourth-order valence-corrected chi connectivity index (χ4v) is 2.81. The Hall–Kier alpha value is -1.19. The second kappa shape index (κ2) is 3.40. The molecule has 3 nitrogen and oxygen atoms in total. The third-order valence-corrected chi connectivity index (χ3v) is 3.60. The van der Waals surface area contributed by atoms with Gasteiger partial charge in [-0.3, -0.25) is 4.79 Å². The van der Waals surface area contributed by atoms with E-state index in [1.165, 1.54) is 5.56 Å². The number of aryl methyl sites for hydroxylation is 1. The van der Waals surface area contributed by atoms with E-state index in [4.69, 9.17) is 4.74 Å². The molecule has 84 valence electrons. The summed E-state index contributed by atoms with van der Waals surface area (Å²) in [5, 5.41) is 9.52. The lowest BCUT2D eigenvalue weighted by Crippen LogP contribution is -2.40. The van der Waals surface area contributed by atoms with Gasteiger partial charge in [0.1, 0.15) is 0 Å². The average molecular weight is 218 g/mol. The maximum absolute atomic E-state index is 12.1. The van der Waals surface area contributed by atoms with E-state index in [-0.39, 0.29) is 5.78 Å². The first-order valence-electron chi connectivity index (χ1n) is 5.70. The van der Waals surface area contributed by atoms with Gasteiger partial charge in [-0.1, -0.05) is 24.3 Å². The maximum Gasteiger partial charge on any atom is 0.169 e. The minimum Gasteiger partial charge on any atom is -0.368 e. The first-order valence-corrected chi connectivity index (χ1v) is 5.70. The van der Waals surface area contributed by atoms with E-state index in [0.29, 0.717) is 19.3 Å². The van der Waals surface area contributed by atoms with Crippen LogP contribution in [0.2, 0.25) is 0 Å². The Morgan fingerprint density at radius 2 is 2.12 bits per heavy atom.